The summed E-state index contributed by atoms with van der Waals surface area (Å²) in [4.78, 5) is 14.5. The molecule has 0 amide bonds. The van der Waals surface area contributed by atoms with Gasteiger partial charge in [-0.05, 0) is 18.2 Å². The Labute approximate surface area is 79.3 Å². The molecule has 70 valence electrons. The summed E-state index contributed by atoms with van der Waals surface area (Å²) in [6.07, 6.45) is 2.95. The molecule has 5 heteroatoms. The normalized spacial score (nSPS) is 10.3. The molecule has 0 saturated carbocycles. The van der Waals surface area contributed by atoms with Crippen LogP contribution in [0.3, 0.4) is 0 Å². The lowest BCUT2D eigenvalue weighted by Gasteiger charge is -1.92. The minimum absolute atomic E-state index is 0.0151. The molecule has 2 aromatic heterocycles. The Hall–Kier alpha value is -2.17. The van der Waals surface area contributed by atoms with Crippen LogP contribution in [0.25, 0.3) is 11.7 Å². The van der Waals surface area contributed by atoms with Crippen LogP contribution >= 0.6 is 0 Å². The lowest BCUT2D eigenvalue weighted by molar-refractivity contribution is 0.0691. The van der Waals surface area contributed by atoms with Gasteiger partial charge in [0.05, 0.1) is 11.9 Å². The van der Waals surface area contributed by atoms with Gasteiger partial charge in [-0.25, -0.2) is 14.3 Å². The number of carbonyl (C=O) groups is 1. The molecule has 14 heavy (non-hydrogen) atoms. The molecule has 0 aromatic carbocycles. The first kappa shape index (κ1) is 8.43. The van der Waals surface area contributed by atoms with E-state index in [4.69, 9.17) is 5.11 Å². The predicted molar refractivity (Wildman–Crippen MR) is 50.0 cm³/mol. The molecular weight excluding hydrogens is 182 g/mol. The summed E-state index contributed by atoms with van der Waals surface area (Å²) in [5, 5.41) is 12.8. The quantitative estimate of drug-likeness (QED) is 0.767. The summed E-state index contributed by atoms with van der Waals surface area (Å²) < 4.78 is 1.42. The van der Waals surface area contributed by atoms with Crippen molar-refractivity contribution in [3.05, 3.63) is 36.3 Å². The molecule has 2 heterocycles. The highest BCUT2D eigenvalue weighted by Gasteiger charge is 2.08. The van der Waals surface area contributed by atoms with Gasteiger partial charge in [-0.1, -0.05) is 6.58 Å². The fraction of sp³-hybridized carbons (Fsp3) is 0. The van der Waals surface area contributed by atoms with Crippen molar-refractivity contribution in [1.29, 1.82) is 0 Å². The Morgan fingerprint density at radius 1 is 1.57 bits per heavy atom. The van der Waals surface area contributed by atoms with Crippen molar-refractivity contribution in [1.82, 2.24) is 14.6 Å². The average Bonchev–Trinajstić information content (AvgIpc) is 2.59. The van der Waals surface area contributed by atoms with Crippen molar-refractivity contribution in [3.63, 3.8) is 0 Å². The molecule has 0 unspecified atom stereocenters. The lowest BCUT2D eigenvalue weighted by Crippen LogP contribution is -1.95. The maximum atomic E-state index is 10.6. The van der Waals surface area contributed by atoms with Crippen LogP contribution in [0, 0.1) is 0 Å². The standard InChI is InChI=1S/C9H7N3O2/c1-2-6-3-4-8-10-7(9(13)14)5-12(8)11-6/h2-5H,1H2,(H,13,14). The van der Waals surface area contributed by atoms with Gasteiger partial charge >= 0.3 is 5.97 Å². The molecule has 1 N–H and O–H groups in total. The SMILES string of the molecule is C=Cc1ccc2nc(C(=O)O)cn2n1. The minimum atomic E-state index is -1.06. The number of fused-ring (bicyclic) bond motifs is 1. The van der Waals surface area contributed by atoms with Crippen molar-refractivity contribution in [2.45, 2.75) is 0 Å². The second-order valence-corrected chi connectivity index (χ2v) is 2.70. The fourth-order valence-electron chi connectivity index (χ4n) is 1.11. The van der Waals surface area contributed by atoms with E-state index in [9.17, 15) is 4.79 Å². The van der Waals surface area contributed by atoms with E-state index in [1.807, 2.05) is 0 Å². The van der Waals surface area contributed by atoms with Crippen LogP contribution in [0.15, 0.2) is 24.9 Å². The second-order valence-electron chi connectivity index (χ2n) is 2.70. The van der Waals surface area contributed by atoms with Crippen LogP contribution in [-0.4, -0.2) is 25.7 Å². The van der Waals surface area contributed by atoms with Gasteiger partial charge in [-0.3, -0.25) is 0 Å². The molecule has 0 saturated heterocycles. The average molecular weight is 189 g/mol. The summed E-state index contributed by atoms with van der Waals surface area (Å²) in [5.41, 5.74) is 1.17. The Bertz CT molecular complexity index is 516. The topological polar surface area (TPSA) is 67.5 Å². The molecule has 2 aromatic rings. The molecule has 0 atom stereocenters. The first-order valence-electron chi connectivity index (χ1n) is 3.93. The van der Waals surface area contributed by atoms with E-state index in [2.05, 4.69) is 16.7 Å². The molecule has 0 bridgehead atoms. The van der Waals surface area contributed by atoms with Crippen LogP contribution in [0.5, 0.6) is 0 Å². The first-order valence-corrected chi connectivity index (χ1v) is 3.93. The Kier molecular flexibility index (Phi) is 1.78. The van der Waals surface area contributed by atoms with Gasteiger partial charge in [0.2, 0.25) is 0 Å². The minimum Gasteiger partial charge on any atom is -0.476 e. The molecular formula is C9H7N3O2. The molecule has 0 aliphatic carbocycles. The number of rotatable bonds is 2. The van der Waals surface area contributed by atoms with Gasteiger partial charge in [-0.15, -0.1) is 0 Å². The summed E-state index contributed by atoms with van der Waals surface area (Å²) in [5.74, 6) is -1.06. The molecule has 0 fully saturated rings. The lowest BCUT2D eigenvalue weighted by atomic mass is 10.4. The zero-order valence-electron chi connectivity index (χ0n) is 7.21. The van der Waals surface area contributed by atoms with Crippen LogP contribution in [0.4, 0.5) is 0 Å². The summed E-state index contributed by atoms with van der Waals surface area (Å²) >= 11 is 0. The van der Waals surface area contributed by atoms with Crippen LogP contribution < -0.4 is 0 Å². The van der Waals surface area contributed by atoms with Crippen molar-refractivity contribution < 1.29 is 9.90 Å². The number of aromatic nitrogens is 3. The maximum Gasteiger partial charge on any atom is 0.356 e. The third-order valence-corrected chi connectivity index (χ3v) is 1.77. The predicted octanol–water partition coefficient (Wildman–Crippen LogP) is 1.07. The zero-order valence-corrected chi connectivity index (χ0v) is 7.21. The molecule has 0 aliphatic heterocycles. The Morgan fingerprint density at radius 2 is 2.36 bits per heavy atom. The van der Waals surface area contributed by atoms with Gasteiger partial charge in [0.15, 0.2) is 11.3 Å². The molecule has 0 radical (unpaired) electrons. The van der Waals surface area contributed by atoms with Crippen molar-refractivity contribution in [3.8, 4) is 0 Å². The largest absolute Gasteiger partial charge is 0.476 e. The maximum absolute atomic E-state index is 10.6. The highest BCUT2D eigenvalue weighted by molar-refractivity contribution is 5.86. The number of hydrogen-bond donors (Lipinski definition) is 1. The summed E-state index contributed by atoms with van der Waals surface area (Å²) in [7, 11) is 0. The van der Waals surface area contributed by atoms with Crippen LogP contribution in [-0.2, 0) is 0 Å². The second kappa shape index (κ2) is 2.95. The van der Waals surface area contributed by atoms with E-state index in [-0.39, 0.29) is 5.69 Å². The third kappa shape index (κ3) is 1.24. The van der Waals surface area contributed by atoms with E-state index >= 15 is 0 Å². The number of aromatic carboxylic acids is 1. The van der Waals surface area contributed by atoms with Gasteiger partial charge in [0, 0.05) is 0 Å². The number of imidazole rings is 1. The van der Waals surface area contributed by atoms with E-state index < -0.39 is 5.97 Å². The van der Waals surface area contributed by atoms with Gasteiger partial charge in [0.1, 0.15) is 0 Å². The van der Waals surface area contributed by atoms with Crippen molar-refractivity contribution in [2.75, 3.05) is 0 Å². The molecule has 2 rings (SSSR count). The monoisotopic (exact) mass is 189 g/mol. The first-order chi connectivity index (χ1) is 6.70. The van der Waals surface area contributed by atoms with E-state index in [0.29, 0.717) is 11.3 Å². The van der Waals surface area contributed by atoms with Gasteiger partial charge in [-0.2, -0.15) is 5.10 Å². The van der Waals surface area contributed by atoms with Gasteiger partial charge in [0.25, 0.3) is 0 Å². The van der Waals surface area contributed by atoms with E-state index in [1.165, 1.54) is 10.7 Å². The van der Waals surface area contributed by atoms with Crippen molar-refractivity contribution >= 4 is 17.7 Å². The highest BCUT2D eigenvalue weighted by Crippen LogP contribution is 2.05. The molecule has 5 nitrogen and oxygen atoms in total. The smallest absolute Gasteiger partial charge is 0.356 e. The van der Waals surface area contributed by atoms with E-state index in [0.717, 1.165) is 0 Å². The highest BCUT2D eigenvalue weighted by atomic mass is 16.4. The van der Waals surface area contributed by atoms with Gasteiger partial charge < -0.3 is 5.11 Å². The molecule has 0 spiro atoms. The number of carboxylic acids is 1. The van der Waals surface area contributed by atoms with E-state index in [1.54, 1.807) is 18.2 Å². The Balaban J connectivity index is 2.65. The van der Waals surface area contributed by atoms with Crippen LogP contribution in [0.1, 0.15) is 16.2 Å². The fourth-order valence-corrected chi connectivity index (χ4v) is 1.11. The van der Waals surface area contributed by atoms with Crippen molar-refractivity contribution in [2.24, 2.45) is 0 Å². The van der Waals surface area contributed by atoms with Crippen LogP contribution in [0.2, 0.25) is 0 Å². The number of hydrogen-bond acceptors (Lipinski definition) is 3. The zero-order chi connectivity index (χ0) is 10.1. The molecule has 0 aliphatic rings. The summed E-state index contributed by atoms with van der Waals surface area (Å²) in [6.45, 7) is 3.57. The Morgan fingerprint density at radius 3 is 3.00 bits per heavy atom. The third-order valence-electron chi connectivity index (χ3n) is 1.77. The number of nitrogens with zero attached hydrogens (tertiary/aromatic N) is 3. The summed E-state index contributed by atoms with van der Waals surface area (Å²) in [6, 6.07) is 3.41. The number of carboxylic acid groups (broad SMARTS) is 1.